The zero-order chi connectivity index (χ0) is 12.6. The minimum Gasteiger partial charge on any atom is -0.291 e. The topological polar surface area (TPSA) is 12.4 Å². The molecule has 0 saturated heterocycles. The van der Waals surface area contributed by atoms with Crippen molar-refractivity contribution in [2.75, 3.05) is 0 Å². The molecule has 2 aliphatic rings. The molecule has 1 heteroatoms. The van der Waals surface area contributed by atoms with Crippen LogP contribution in [0, 0.1) is 5.92 Å². The van der Waals surface area contributed by atoms with Crippen molar-refractivity contribution in [2.24, 2.45) is 10.9 Å². The van der Waals surface area contributed by atoms with E-state index in [9.17, 15) is 0 Å². The van der Waals surface area contributed by atoms with Gasteiger partial charge in [0.2, 0.25) is 0 Å². The number of hydrogen-bond acceptors (Lipinski definition) is 1. The highest BCUT2D eigenvalue weighted by atomic mass is 14.8. The Morgan fingerprint density at radius 3 is 2.33 bits per heavy atom. The van der Waals surface area contributed by atoms with Crippen molar-refractivity contribution in [3.8, 4) is 0 Å². The van der Waals surface area contributed by atoms with Gasteiger partial charge in [-0.25, -0.2) is 0 Å². The molecular formula is C17H31N. The first-order valence-corrected chi connectivity index (χ1v) is 8.44. The Hall–Kier alpha value is -0.330. The second-order valence-electron chi connectivity index (χ2n) is 6.43. The van der Waals surface area contributed by atoms with Gasteiger partial charge in [0.05, 0.1) is 0 Å². The van der Waals surface area contributed by atoms with Crippen molar-refractivity contribution < 1.29 is 0 Å². The maximum atomic E-state index is 5.04. The third-order valence-electron chi connectivity index (χ3n) is 4.84. The molecule has 104 valence electrons. The van der Waals surface area contributed by atoms with E-state index in [-0.39, 0.29) is 0 Å². The SMILES string of the molecule is CCCCCC1CCC(=NC2CCCCC2)CC1. The van der Waals surface area contributed by atoms with Gasteiger partial charge >= 0.3 is 0 Å². The van der Waals surface area contributed by atoms with Gasteiger partial charge in [0.25, 0.3) is 0 Å². The van der Waals surface area contributed by atoms with E-state index in [1.165, 1.54) is 83.5 Å². The fraction of sp³-hybridized carbons (Fsp3) is 0.941. The van der Waals surface area contributed by atoms with E-state index in [1.807, 2.05) is 0 Å². The molecule has 0 bridgehead atoms. The average Bonchev–Trinajstić information content (AvgIpc) is 2.42. The van der Waals surface area contributed by atoms with Crippen LogP contribution in [0.2, 0.25) is 0 Å². The van der Waals surface area contributed by atoms with Crippen LogP contribution in [-0.4, -0.2) is 11.8 Å². The molecule has 0 atom stereocenters. The van der Waals surface area contributed by atoms with Crippen LogP contribution in [0.15, 0.2) is 4.99 Å². The molecule has 0 amide bonds. The summed E-state index contributed by atoms with van der Waals surface area (Å²) in [5.41, 5.74) is 1.56. The molecule has 0 radical (unpaired) electrons. The number of unbranched alkanes of at least 4 members (excludes halogenated alkanes) is 2. The van der Waals surface area contributed by atoms with E-state index >= 15 is 0 Å². The van der Waals surface area contributed by atoms with E-state index in [1.54, 1.807) is 5.71 Å². The van der Waals surface area contributed by atoms with Crippen molar-refractivity contribution in [1.82, 2.24) is 0 Å². The van der Waals surface area contributed by atoms with E-state index < -0.39 is 0 Å². The molecule has 0 heterocycles. The minimum atomic E-state index is 0.699. The van der Waals surface area contributed by atoms with E-state index in [2.05, 4.69) is 6.92 Å². The fourth-order valence-corrected chi connectivity index (χ4v) is 3.58. The summed E-state index contributed by atoms with van der Waals surface area (Å²) in [6.45, 7) is 2.30. The zero-order valence-electron chi connectivity index (χ0n) is 12.3. The largest absolute Gasteiger partial charge is 0.291 e. The van der Waals surface area contributed by atoms with E-state index in [0.717, 1.165) is 5.92 Å². The van der Waals surface area contributed by atoms with Crippen molar-refractivity contribution in [1.29, 1.82) is 0 Å². The molecule has 2 saturated carbocycles. The molecule has 18 heavy (non-hydrogen) atoms. The predicted octanol–water partition coefficient (Wildman–Crippen LogP) is 5.53. The molecule has 0 unspecified atom stereocenters. The zero-order valence-corrected chi connectivity index (χ0v) is 12.3. The quantitative estimate of drug-likeness (QED) is 0.568. The molecule has 2 rings (SSSR count). The van der Waals surface area contributed by atoms with Crippen LogP contribution in [0.25, 0.3) is 0 Å². The maximum absolute atomic E-state index is 5.04. The van der Waals surface area contributed by atoms with Gasteiger partial charge in [0.15, 0.2) is 0 Å². The second-order valence-corrected chi connectivity index (χ2v) is 6.43. The van der Waals surface area contributed by atoms with E-state index in [4.69, 9.17) is 4.99 Å². The lowest BCUT2D eigenvalue weighted by Crippen LogP contribution is -2.18. The van der Waals surface area contributed by atoms with Crippen molar-refractivity contribution >= 4 is 5.71 Å². The molecule has 1 nitrogen and oxygen atoms in total. The van der Waals surface area contributed by atoms with Crippen molar-refractivity contribution in [2.45, 2.75) is 96.4 Å². The summed E-state index contributed by atoms with van der Waals surface area (Å²) >= 11 is 0. The summed E-state index contributed by atoms with van der Waals surface area (Å²) in [6.07, 6.45) is 18.2. The highest BCUT2D eigenvalue weighted by Gasteiger charge is 2.19. The summed E-state index contributed by atoms with van der Waals surface area (Å²) in [7, 11) is 0. The summed E-state index contributed by atoms with van der Waals surface area (Å²) in [4.78, 5) is 5.04. The van der Waals surface area contributed by atoms with Crippen molar-refractivity contribution in [3.63, 3.8) is 0 Å². The van der Waals surface area contributed by atoms with Gasteiger partial charge in [-0.1, -0.05) is 51.9 Å². The summed E-state index contributed by atoms with van der Waals surface area (Å²) in [5, 5.41) is 0. The number of rotatable bonds is 5. The summed E-state index contributed by atoms with van der Waals surface area (Å²) < 4.78 is 0. The van der Waals surface area contributed by atoms with Gasteiger partial charge in [-0.3, -0.25) is 4.99 Å². The molecule has 0 aromatic rings. The Labute approximate surface area is 113 Å². The van der Waals surface area contributed by atoms with Crippen LogP contribution in [0.3, 0.4) is 0 Å². The Morgan fingerprint density at radius 2 is 1.67 bits per heavy atom. The third-order valence-corrected chi connectivity index (χ3v) is 4.84. The van der Waals surface area contributed by atoms with Gasteiger partial charge < -0.3 is 0 Å². The molecule has 0 aromatic heterocycles. The van der Waals surface area contributed by atoms with Crippen LogP contribution < -0.4 is 0 Å². The lowest BCUT2D eigenvalue weighted by atomic mass is 9.84. The van der Waals surface area contributed by atoms with Crippen LogP contribution in [0.1, 0.15) is 90.4 Å². The normalized spacial score (nSPS) is 26.3. The van der Waals surface area contributed by atoms with Gasteiger partial charge in [-0.05, 0) is 44.4 Å². The number of nitrogens with zero attached hydrogens (tertiary/aromatic N) is 1. The first kappa shape index (κ1) is 14.1. The summed E-state index contributed by atoms with van der Waals surface area (Å²) in [5.74, 6) is 1.02. The van der Waals surface area contributed by atoms with Gasteiger partial charge in [0.1, 0.15) is 0 Å². The highest BCUT2D eigenvalue weighted by molar-refractivity contribution is 5.85. The van der Waals surface area contributed by atoms with Crippen LogP contribution in [0.4, 0.5) is 0 Å². The Balaban J connectivity index is 1.67. The lowest BCUT2D eigenvalue weighted by molar-refractivity contribution is 0.390. The molecule has 0 aliphatic heterocycles. The van der Waals surface area contributed by atoms with Gasteiger partial charge in [-0.2, -0.15) is 0 Å². The monoisotopic (exact) mass is 249 g/mol. The Morgan fingerprint density at radius 1 is 0.944 bits per heavy atom. The van der Waals surface area contributed by atoms with E-state index in [0.29, 0.717) is 6.04 Å². The number of hydrogen-bond donors (Lipinski definition) is 0. The first-order chi connectivity index (χ1) is 8.88. The van der Waals surface area contributed by atoms with Gasteiger partial charge in [0, 0.05) is 11.8 Å². The highest BCUT2D eigenvalue weighted by Crippen LogP contribution is 2.28. The third kappa shape index (κ3) is 4.74. The predicted molar refractivity (Wildman–Crippen MR) is 80.4 cm³/mol. The molecule has 2 aliphatic carbocycles. The average molecular weight is 249 g/mol. The van der Waals surface area contributed by atoms with Crippen LogP contribution >= 0.6 is 0 Å². The van der Waals surface area contributed by atoms with Crippen LogP contribution in [-0.2, 0) is 0 Å². The standard InChI is InChI=1S/C17H31N/c1-2-3-5-8-15-11-13-17(14-12-15)18-16-9-6-4-7-10-16/h15-16H,2-14H2,1H3. The number of aliphatic imine (C=N–C) groups is 1. The second kappa shape index (κ2) is 7.96. The van der Waals surface area contributed by atoms with Crippen LogP contribution in [0.5, 0.6) is 0 Å². The molecule has 2 fully saturated rings. The minimum absolute atomic E-state index is 0.699. The first-order valence-electron chi connectivity index (χ1n) is 8.44. The molecule has 0 spiro atoms. The van der Waals surface area contributed by atoms with Gasteiger partial charge in [-0.15, -0.1) is 0 Å². The Bertz CT molecular complexity index is 240. The maximum Gasteiger partial charge on any atom is 0.0499 e. The van der Waals surface area contributed by atoms with Crippen molar-refractivity contribution in [3.05, 3.63) is 0 Å². The smallest absolute Gasteiger partial charge is 0.0499 e. The molecule has 0 N–H and O–H groups in total. The molecular weight excluding hydrogens is 218 g/mol. The Kier molecular flexibility index (Phi) is 6.23. The molecule has 0 aromatic carbocycles. The lowest BCUT2D eigenvalue weighted by Gasteiger charge is -2.25. The summed E-state index contributed by atoms with van der Waals surface area (Å²) in [6, 6.07) is 0.699. The fourth-order valence-electron chi connectivity index (χ4n) is 3.58.